The smallest absolute Gasteiger partial charge is 0.239 e. The topological polar surface area (TPSA) is 54.0 Å². The van der Waals surface area contributed by atoms with Crippen LogP contribution in [0.1, 0.15) is 12.8 Å². The van der Waals surface area contributed by atoms with Crippen molar-refractivity contribution in [1.82, 2.24) is 10.3 Å². The van der Waals surface area contributed by atoms with Crippen molar-refractivity contribution in [2.24, 2.45) is 0 Å². The second kappa shape index (κ2) is 4.09. The summed E-state index contributed by atoms with van der Waals surface area (Å²) in [7, 11) is 0. The summed E-state index contributed by atoms with van der Waals surface area (Å²) in [5, 5.41) is 5.85. The van der Waals surface area contributed by atoms with Gasteiger partial charge in [0.15, 0.2) is 0 Å². The Hall–Kier alpha value is -1.58. The summed E-state index contributed by atoms with van der Waals surface area (Å²) in [6, 6.07) is 5.99. The van der Waals surface area contributed by atoms with E-state index in [1.54, 1.807) is 6.20 Å². The number of carbonyl (C=O) groups excluding carboxylic acids is 1. The molecule has 1 aliphatic carbocycles. The largest absolute Gasteiger partial charge is 0.361 e. The number of hydrogen-bond acceptors (Lipinski definition) is 3. The Labute approximate surface area is 82.7 Å². The van der Waals surface area contributed by atoms with Gasteiger partial charge in [-0.15, -0.1) is 0 Å². The Bertz CT molecular complexity index is 308. The molecule has 0 unspecified atom stereocenters. The van der Waals surface area contributed by atoms with Gasteiger partial charge >= 0.3 is 0 Å². The zero-order valence-corrected chi connectivity index (χ0v) is 7.86. The van der Waals surface area contributed by atoms with Crippen molar-refractivity contribution in [3.63, 3.8) is 0 Å². The molecule has 1 amide bonds. The Morgan fingerprint density at radius 2 is 2.36 bits per heavy atom. The molecule has 1 aliphatic rings. The Morgan fingerprint density at radius 1 is 1.50 bits per heavy atom. The first kappa shape index (κ1) is 8.99. The second-order valence-corrected chi connectivity index (χ2v) is 3.41. The van der Waals surface area contributed by atoms with E-state index in [4.69, 9.17) is 0 Å². The fourth-order valence-corrected chi connectivity index (χ4v) is 1.14. The Kier molecular flexibility index (Phi) is 2.62. The summed E-state index contributed by atoms with van der Waals surface area (Å²) in [5.74, 6) is 0.775. The van der Waals surface area contributed by atoms with Crippen LogP contribution >= 0.6 is 0 Å². The minimum absolute atomic E-state index is 0.0400. The van der Waals surface area contributed by atoms with Crippen LogP contribution in [0.4, 0.5) is 5.82 Å². The molecule has 1 fully saturated rings. The van der Waals surface area contributed by atoms with Crippen molar-refractivity contribution in [2.75, 3.05) is 11.9 Å². The van der Waals surface area contributed by atoms with Gasteiger partial charge < -0.3 is 10.6 Å². The predicted molar refractivity (Wildman–Crippen MR) is 53.9 cm³/mol. The SMILES string of the molecule is O=C(CNc1ccccn1)NC1CC1. The normalized spacial score (nSPS) is 14.9. The molecule has 0 atom stereocenters. The molecule has 0 saturated heterocycles. The number of rotatable bonds is 4. The van der Waals surface area contributed by atoms with Crippen LogP contribution < -0.4 is 10.6 Å². The fraction of sp³-hybridized carbons (Fsp3) is 0.400. The summed E-state index contributed by atoms with van der Waals surface area (Å²) in [6.07, 6.45) is 3.94. The van der Waals surface area contributed by atoms with Crippen molar-refractivity contribution in [3.05, 3.63) is 24.4 Å². The lowest BCUT2D eigenvalue weighted by Crippen LogP contribution is -2.31. The van der Waals surface area contributed by atoms with Gasteiger partial charge in [-0.25, -0.2) is 4.98 Å². The van der Waals surface area contributed by atoms with Gasteiger partial charge in [0.05, 0.1) is 6.54 Å². The van der Waals surface area contributed by atoms with E-state index in [0.29, 0.717) is 12.6 Å². The van der Waals surface area contributed by atoms with Gasteiger partial charge in [0.2, 0.25) is 5.91 Å². The molecular formula is C10H13N3O. The number of amides is 1. The third-order valence-electron chi connectivity index (χ3n) is 2.04. The third kappa shape index (κ3) is 2.73. The highest BCUT2D eigenvalue weighted by molar-refractivity contribution is 5.80. The molecule has 2 rings (SSSR count). The van der Waals surface area contributed by atoms with Gasteiger partial charge in [0, 0.05) is 12.2 Å². The molecule has 0 bridgehead atoms. The summed E-state index contributed by atoms with van der Waals surface area (Å²) >= 11 is 0. The molecular weight excluding hydrogens is 178 g/mol. The van der Waals surface area contributed by atoms with E-state index < -0.39 is 0 Å². The minimum Gasteiger partial charge on any atom is -0.361 e. The number of hydrogen-bond donors (Lipinski definition) is 2. The van der Waals surface area contributed by atoms with Gasteiger partial charge in [0.1, 0.15) is 5.82 Å². The average molecular weight is 191 g/mol. The summed E-state index contributed by atoms with van der Waals surface area (Å²) in [6.45, 7) is 0.299. The van der Waals surface area contributed by atoms with Gasteiger partial charge in [-0.2, -0.15) is 0 Å². The standard InChI is InChI=1S/C10H13N3O/c14-10(13-8-4-5-8)7-12-9-3-1-2-6-11-9/h1-3,6,8H,4-5,7H2,(H,11,12)(H,13,14). The molecule has 0 aromatic carbocycles. The molecule has 1 aromatic rings. The van der Waals surface area contributed by atoms with E-state index in [1.807, 2.05) is 18.2 Å². The summed E-state index contributed by atoms with van der Waals surface area (Å²) in [4.78, 5) is 15.3. The summed E-state index contributed by atoms with van der Waals surface area (Å²) < 4.78 is 0. The van der Waals surface area contributed by atoms with Gasteiger partial charge in [-0.05, 0) is 25.0 Å². The number of aromatic nitrogens is 1. The Morgan fingerprint density at radius 3 is 3.00 bits per heavy atom. The summed E-state index contributed by atoms with van der Waals surface area (Å²) in [5.41, 5.74) is 0. The lowest BCUT2D eigenvalue weighted by atomic mass is 10.4. The molecule has 0 spiro atoms. The van der Waals surface area contributed by atoms with Crippen molar-refractivity contribution >= 4 is 11.7 Å². The predicted octanol–water partition coefficient (Wildman–Crippen LogP) is 0.772. The van der Waals surface area contributed by atoms with Crippen LogP contribution in [0.3, 0.4) is 0 Å². The fourth-order valence-electron chi connectivity index (χ4n) is 1.14. The highest BCUT2D eigenvalue weighted by Gasteiger charge is 2.22. The lowest BCUT2D eigenvalue weighted by Gasteiger charge is -2.05. The number of pyridine rings is 1. The maximum atomic E-state index is 11.3. The van der Waals surface area contributed by atoms with Crippen LogP contribution in [-0.4, -0.2) is 23.5 Å². The van der Waals surface area contributed by atoms with E-state index in [1.165, 1.54) is 0 Å². The first-order valence-electron chi connectivity index (χ1n) is 4.79. The zero-order chi connectivity index (χ0) is 9.80. The Balaban J connectivity index is 1.73. The van der Waals surface area contributed by atoms with E-state index in [2.05, 4.69) is 15.6 Å². The first-order valence-corrected chi connectivity index (χ1v) is 4.79. The highest BCUT2D eigenvalue weighted by atomic mass is 16.2. The molecule has 0 radical (unpaired) electrons. The molecule has 2 N–H and O–H groups in total. The maximum absolute atomic E-state index is 11.3. The van der Waals surface area contributed by atoms with Crippen LogP contribution in [0, 0.1) is 0 Å². The lowest BCUT2D eigenvalue weighted by molar-refractivity contribution is -0.119. The van der Waals surface area contributed by atoms with Crippen molar-refractivity contribution in [1.29, 1.82) is 0 Å². The number of carbonyl (C=O) groups is 1. The van der Waals surface area contributed by atoms with Gasteiger partial charge in [0.25, 0.3) is 0 Å². The monoisotopic (exact) mass is 191 g/mol. The quantitative estimate of drug-likeness (QED) is 0.739. The van der Waals surface area contributed by atoms with Crippen LogP contribution in [0.2, 0.25) is 0 Å². The number of nitrogens with one attached hydrogen (secondary N) is 2. The van der Waals surface area contributed by atoms with Crippen LogP contribution in [0.15, 0.2) is 24.4 Å². The van der Waals surface area contributed by atoms with Gasteiger partial charge in [-0.1, -0.05) is 6.07 Å². The van der Waals surface area contributed by atoms with Crippen molar-refractivity contribution < 1.29 is 4.79 Å². The molecule has 4 nitrogen and oxygen atoms in total. The van der Waals surface area contributed by atoms with Crippen molar-refractivity contribution in [3.8, 4) is 0 Å². The van der Waals surface area contributed by atoms with E-state index in [-0.39, 0.29) is 5.91 Å². The van der Waals surface area contributed by atoms with Crippen LogP contribution in [-0.2, 0) is 4.79 Å². The highest BCUT2D eigenvalue weighted by Crippen LogP contribution is 2.18. The van der Waals surface area contributed by atoms with Gasteiger partial charge in [-0.3, -0.25) is 4.79 Å². The molecule has 14 heavy (non-hydrogen) atoms. The molecule has 1 heterocycles. The molecule has 4 heteroatoms. The number of anilines is 1. The van der Waals surface area contributed by atoms with Crippen molar-refractivity contribution in [2.45, 2.75) is 18.9 Å². The van der Waals surface area contributed by atoms with E-state index in [9.17, 15) is 4.79 Å². The average Bonchev–Trinajstić information content (AvgIpc) is 3.00. The van der Waals surface area contributed by atoms with E-state index in [0.717, 1.165) is 18.7 Å². The van der Waals surface area contributed by atoms with Crippen LogP contribution in [0.25, 0.3) is 0 Å². The first-order chi connectivity index (χ1) is 6.84. The second-order valence-electron chi connectivity index (χ2n) is 3.41. The minimum atomic E-state index is 0.0400. The molecule has 1 aromatic heterocycles. The number of nitrogens with zero attached hydrogens (tertiary/aromatic N) is 1. The van der Waals surface area contributed by atoms with Crippen LogP contribution in [0.5, 0.6) is 0 Å². The molecule has 0 aliphatic heterocycles. The molecule has 1 saturated carbocycles. The van der Waals surface area contributed by atoms with E-state index >= 15 is 0 Å². The zero-order valence-electron chi connectivity index (χ0n) is 7.86. The molecule has 74 valence electrons. The maximum Gasteiger partial charge on any atom is 0.239 e. The third-order valence-corrected chi connectivity index (χ3v) is 2.04.